The lowest BCUT2D eigenvalue weighted by atomic mass is 9.71. The zero-order valence-electron chi connectivity index (χ0n) is 19.2. The molecule has 156 valence electrons. The standard InChI is InChI=1S/C20H24O2.2C3H8/c1-13(2)12-20(5,16-6-8-18(21)14(3)10-16)17-7-9-19(22)15(4)11-17;2*1-3-2/h6-11,21-22H,1,12H2,2-5H3;2*3H2,1-2H3. The summed E-state index contributed by atoms with van der Waals surface area (Å²) in [6, 6.07) is 11.5. The van der Waals surface area contributed by atoms with E-state index in [4.69, 9.17) is 0 Å². The molecule has 28 heavy (non-hydrogen) atoms. The van der Waals surface area contributed by atoms with Crippen molar-refractivity contribution in [2.75, 3.05) is 0 Å². The maximum Gasteiger partial charge on any atom is 0.118 e. The van der Waals surface area contributed by atoms with Crippen LogP contribution in [0.4, 0.5) is 0 Å². The normalized spacial score (nSPS) is 10.3. The Morgan fingerprint density at radius 3 is 1.39 bits per heavy atom. The lowest BCUT2D eigenvalue weighted by Gasteiger charge is -2.32. The van der Waals surface area contributed by atoms with Crippen molar-refractivity contribution in [1.82, 2.24) is 0 Å². The Bertz CT molecular complexity index is 691. The highest BCUT2D eigenvalue weighted by Crippen LogP contribution is 2.40. The fourth-order valence-corrected chi connectivity index (χ4v) is 2.97. The number of hydrogen-bond acceptors (Lipinski definition) is 2. The molecule has 0 heterocycles. The fourth-order valence-electron chi connectivity index (χ4n) is 2.97. The SMILES string of the molecule is C=C(C)CC(C)(c1ccc(O)c(C)c1)c1ccc(O)c(C)c1.CCC.CCC. The minimum atomic E-state index is -0.247. The lowest BCUT2D eigenvalue weighted by molar-refractivity contribution is 0.468. The average molecular weight is 385 g/mol. The van der Waals surface area contributed by atoms with Crippen LogP contribution >= 0.6 is 0 Å². The Morgan fingerprint density at radius 1 is 0.821 bits per heavy atom. The summed E-state index contributed by atoms with van der Waals surface area (Å²) in [5.74, 6) is 0.617. The molecule has 0 unspecified atom stereocenters. The number of phenols is 2. The van der Waals surface area contributed by atoms with E-state index >= 15 is 0 Å². The van der Waals surface area contributed by atoms with E-state index in [1.165, 1.54) is 12.8 Å². The Kier molecular flexibility index (Phi) is 11.3. The summed E-state index contributed by atoms with van der Waals surface area (Å²) in [5.41, 5.74) is 4.84. The van der Waals surface area contributed by atoms with E-state index in [9.17, 15) is 10.2 Å². The van der Waals surface area contributed by atoms with Crippen LogP contribution in [0, 0.1) is 13.8 Å². The van der Waals surface area contributed by atoms with Gasteiger partial charge < -0.3 is 10.2 Å². The summed E-state index contributed by atoms with van der Waals surface area (Å²) in [7, 11) is 0. The van der Waals surface area contributed by atoms with E-state index in [-0.39, 0.29) is 5.41 Å². The van der Waals surface area contributed by atoms with E-state index in [1.807, 2.05) is 45.0 Å². The van der Waals surface area contributed by atoms with Gasteiger partial charge in [-0.05, 0) is 61.6 Å². The number of phenolic OH excluding ortho intramolecular Hbond substituents is 2. The molecule has 0 fully saturated rings. The molecule has 0 saturated heterocycles. The molecule has 0 bridgehead atoms. The Morgan fingerprint density at radius 2 is 1.14 bits per heavy atom. The van der Waals surface area contributed by atoms with Crippen LogP contribution < -0.4 is 0 Å². The molecule has 0 aliphatic carbocycles. The molecule has 0 saturated carbocycles. The van der Waals surface area contributed by atoms with Crippen LogP contribution in [0.15, 0.2) is 48.6 Å². The fraction of sp³-hybridized carbons (Fsp3) is 0.462. The van der Waals surface area contributed by atoms with Crippen LogP contribution in [0.2, 0.25) is 0 Å². The van der Waals surface area contributed by atoms with Crippen LogP contribution in [-0.4, -0.2) is 10.2 Å². The van der Waals surface area contributed by atoms with E-state index in [0.717, 1.165) is 34.2 Å². The minimum Gasteiger partial charge on any atom is -0.508 e. The van der Waals surface area contributed by atoms with Gasteiger partial charge in [0.2, 0.25) is 0 Å². The third-order valence-electron chi connectivity index (χ3n) is 4.32. The van der Waals surface area contributed by atoms with Gasteiger partial charge in [-0.25, -0.2) is 0 Å². The molecule has 2 aromatic rings. The third-order valence-corrected chi connectivity index (χ3v) is 4.32. The highest BCUT2D eigenvalue weighted by Gasteiger charge is 2.29. The number of aryl methyl sites for hydroxylation is 2. The van der Waals surface area contributed by atoms with Gasteiger partial charge in [0, 0.05) is 5.41 Å². The first-order valence-electron chi connectivity index (χ1n) is 10.3. The van der Waals surface area contributed by atoms with Gasteiger partial charge in [-0.15, -0.1) is 6.58 Å². The Hall–Kier alpha value is -2.22. The molecule has 2 N–H and O–H groups in total. The number of allylic oxidation sites excluding steroid dienone is 1. The monoisotopic (exact) mass is 384 g/mol. The molecule has 2 heteroatoms. The number of hydrogen-bond donors (Lipinski definition) is 2. The molecule has 2 aromatic carbocycles. The quantitative estimate of drug-likeness (QED) is 0.527. The molecule has 0 amide bonds. The second-order valence-electron chi connectivity index (χ2n) is 7.88. The summed E-state index contributed by atoms with van der Waals surface area (Å²) in [6.45, 7) is 20.6. The summed E-state index contributed by atoms with van der Waals surface area (Å²) in [5, 5.41) is 19.6. The molecular formula is C26H40O2. The second kappa shape index (κ2) is 12.3. The van der Waals surface area contributed by atoms with E-state index in [1.54, 1.807) is 12.1 Å². The van der Waals surface area contributed by atoms with Crippen molar-refractivity contribution >= 4 is 0 Å². The van der Waals surface area contributed by atoms with E-state index < -0.39 is 0 Å². The maximum atomic E-state index is 9.79. The predicted molar refractivity (Wildman–Crippen MR) is 124 cm³/mol. The van der Waals surface area contributed by atoms with Crippen molar-refractivity contribution < 1.29 is 10.2 Å². The van der Waals surface area contributed by atoms with E-state index in [0.29, 0.717) is 11.5 Å². The first-order chi connectivity index (χ1) is 13.1. The number of rotatable bonds is 4. The molecule has 0 spiro atoms. The smallest absolute Gasteiger partial charge is 0.118 e. The highest BCUT2D eigenvalue weighted by atomic mass is 16.3. The molecule has 0 aliphatic heterocycles. The average Bonchev–Trinajstić information content (AvgIpc) is 2.60. The maximum absolute atomic E-state index is 9.79. The molecule has 2 rings (SSSR count). The van der Waals surface area contributed by atoms with Crippen molar-refractivity contribution in [3.05, 3.63) is 70.8 Å². The Labute approximate surface area is 173 Å². The summed E-state index contributed by atoms with van der Waals surface area (Å²) < 4.78 is 0. The van der Waals surface area contributed by atoms with Crippen LogP contribution in [0.5, 0.6) is 11.5 Å². The van der Waals surface area contributed by atoms with Crippen LogP contribution in [-0.2, 0) is 5.41 Å². The first kappa shape index (κ1) is 25.8. The largest absolute Gasteiger partial charge is 0.508 e. The van der Waals surface area contributed by atoms with Gasteiger partial charge in [0.25, 0.3) is 0 Å². The molecule has 0 aliphatic rings. The number of aromatic hydroxyl groups is 2. The minimum absolute atomic E-state index is 0.247. The van der Waals surface area contributed by atoms with Crippen molar-refractivity contribution in [2.45, 2.75) is 80.1 Å². The summed E-state index contributed by atoms with van der Waals surface area (Å²) in [6.07, 6.45) is 3.31. The molecule has 2 nitrogen and oxygen atoms in total. The molecular weight excluding hydrogens is 344 g/mol. The van der Waals surface area contributed by atoms with Gasteiger partial charge in [0.15, 0.2) is 0 Å². The van der Waals surface area contributed by atoms with Gasteiger partial charge in [0.05, 0.1) is 0 Å². The van der Waals surface area contributed by atoms with Gasteiger partial charge in [-0.2, -0.15) is 0 Å². The molecule has 0 atom stereocenters. The van der Waals surface area contributed by atoms with Gasteiger partial charge >= 0.3 is 0 Å². The highest BCUT2D eigenvalue weighted by molar-refractivity contribution is 5.47. The zero-order chi connectivity index (χ0) is 21.9. The Balaban J connectivity index is 0.00000108. The van der Waals surface area contributed by atoms with Gasteiger partial charge in [-0.1, -0.05) is 77.3 Å². The van der Waals surface area contributed by atoms with Gasteiger partial charge in [-0.3, -0.25) is 0 Å². The summed E-state index contributed by atoms with van der Waals surface area (Å²) >= 11 is 0. The van der Waals surface area contributed by atoms with Crippen molar-refractivity contribution in [3.8, 4) is 11.5 Å². The third kappa shape index (κ3) is 7.42. The van der Waals surface area contributed by atoms with Crippen molar-refractivity contribution in [3.63, 3.8) is 0 Å². The topological polar surface area (TPSA) is 40.5 Å². The van der Waals surface area contributed by atoms with Gasteiger partial charge in [0.1, 0.15) is 11.5 Å². The van der Waals surface area contributed by atoms with E-state index in [2.05, 4.69) is 41.2 Å². The van der Waals surface area contributed by atoms with Crippen LogP contribution in [0.25, 0.3) is 0 Å². The second-order valence-corrected chi connectivity index (χ2v) is 7.88. The van der Waals surface area contributed by atoms with Crippen LogP contribution in [0.3, 0.4) is 0 Å². The first-order valence-corrected chi connectivity index (χ1v) is 10.3. The van der Waals surface area contributed by atoms with Crippen molar-refractivity contribution in [2.24, 2.45) is 0 Å². The predicted octanol–water partition coefficient (Wildman–Crippen LogP) is 7.82. The number of benzene rings is 2. The lowest BCUT2D eigenvalue weighted by Crippen LogP contribution is -2.24. The van der Waals surface area contributed by atoms with Crippen molar-refractivity contribution in [1.29, 1.82) is 0 Å². The summed E-state index contributed by atoms with van der Waals surface area (Å²) in [4.78, 5) is 0. The zero-order valence-corrected chi connectivity index (χ0v) is 19.2. The van der Waals surface area contributed by atoms with Crippen LogP contribution in [0.1, 0.15) is 83.1 Å². The molecule has 0 aromatic heterocycles. The molecule has 0 radical (unpaired) electrons.